The van der Waals surface area contributed by atoms with Gasteiger partial charge < -0.3 is 9.84 Å². The Morgan fingerprint density at radius 3 is 2.58 bits per heavy atom. The Bertz CT molecular complexity index is 499. The second-order valence-corrected chi connectivity index (χ2v) is 5.10. The zero-order valence-electron chi connectivity index (χ0n) is 10.7. The highest BCUT2D eigenvalue weighted by Crippen LogP contribution is 2.16. The number of halogens is 1. The first-order chi connectivity index (χ1) is 8.67. The van der Waals surface area contributed by atoms with E-state index in [1.165, 1.54) is 6.07 Å². The summed E-state index contributed by atoms with van der Waals surface area (Å²) in [6.45, 7) is 5.15. The van der Waals surface area contributed by atoms with Crippen molar-refractivity contribution >= 4 is 29.5 Å². The standard InChI is InChI=1S/C11H14ClN3O4/c1-11(2,3)19-10(18)13-7-4-6(5-8(16)17)9(12)15-14-7/h4H,5H2,1-3H3,(H,16,17)(H,13,14,18). The summed E-state index contributed by atoms with van der Waals surface area (Å²) < 4.78 is 5.03. The van der Waals surface area contributed by atoms with Gasteiger partial charge in [0.2, 0.25) is 0 Å². The molecule has 0 aromatic carbocycles. The van der Waals surface area contributed by atoms with Gasteiger partial charge in [0, 0.05) is 5.56 Å². The predicted octanol–water partition coefficient (Wildman–Crippen LogP) is 2.10. The van der Waals surface area contributed by atoms with E-state index in [-0.39, 0.29) is 23.0 Å². The zero-order valence-corrected chi connectivity index (χ0v) is 11.5. The molecule has 0 aliphatic heterocycles. The monoisotopic (exact) mass is 287 g/mol. The Balaban J connectivity index is 2.79. The number of anilines is 1. The molecule has 0 atom stereocenters. The molecule has 1 aromatic heterocycles. The van der Waals surface area contributed by atoms with Crippen LogP contribution in [0.15, 0.2) is 6.07 Å². The molecule has 1 amide bonds. The van der Waals surface area contributed by atoms with E-state index in [4.69, 9.17) is 21.4 Å². The maximum absolute atomic E-state index is 11.5. The SMILES string of the molecule is CC(C)(C)OC(=O)Nc1cc(CC(=O)O)c(Cl)nn1. The van der Waals surface area contributed by atoms with Gasteiger partial charge in [-0.05, 0) is 26.8 Å². The molecule has 1 aromatic rings. The lowest BCUT2D eigenvalue weighted by Gasteiger charge is -2.19. The molecular formula is C11H14ClN3O4. The minimum atomic E-state index is -1.06. The number of rotatable bonds is 3. The van der Waals surface area contributed by atoms with Crippen LogP contribution in [0.5, 0.6) is 0 Å². The Morgan fingerprint density at radius 1 is 1.42 bits per heavy atom. The van der Waals surface area contributed by atoms with Gasteiger partial charge in [0.1, 0.15) is 5.60 Å². The van der Waals surface area contributed by atoms with Crippen LogP contribution < -0.4 is 5.32 Å². The number of nitrogens with one attached hydrogen (secondary N) is 1. The van der Waals surface area contributed by atoms with Crippen molar-refractivity contribution in [3.63, 3.8) is 0 Å². The van der Waals surface area contributed by atoms with Crippen LogP contribution in [-0.2, 0) is 16.0 Å². The van der Waals surface area contributed by atoms with E-state index in [9.17, 15) is 9.59 Å². The number of carbonyl (C=O) groups excluding carboxylic acids is 1. The van der Waals surface area contributed by atoms with Crippen LogP contribution in [0.2, 0.25) is 5.15 Å². The third kappa shape index (κ3) is 5.52. The molecule has 0 aliphatic rings. The largest absolute Gasteiger partial charge is 0.481 e. The normalized spacial score (nSPS) is 10.9. The smallest absolute Gasteiger partial charge is 0.413 e. The van der Waals surface area contributed by atoms with Crippen molar-refractivity contribution in [2.45, 2.75) is 32.8 Å². The third-order valence-corrected chi connectivity index (χ3v) is 2.11. The summed E-state index contributed by atoms with van der Waals surface area (Å²) in [5.74, 6) is -0.979. The third-order valence-electron chi connectivity index (χ3n) is 1.79. The number of aliphatic carboxylic acids is 1. The average molecular weight is 288 g/mol. The molecule has 2 N–H and O–H groups in total. The Labute approximate surface area is 114 Å². The van der Waals surface area contributed by atoms with Crippen molar-refractivity contribution in [2.24, 2.45) is 0 Å². The summed E-state index contributed by atoms with van der Waals surface area (Å²) in [5, 5.41) is 18.2. The fourth-order valence-electron chi connectivity index (χ4n) is 1.17. The van der Waals surface area contributed by atoms with Gasteiger partial charge >= 0.3 is 12.1 Å². The van der Waals surface area contributed by atoms with Crippen LogP contribution in [0.25, 0.3) is 0 Å². The highest BCUT2D eigenvalue weighted by molar-refractivity contribution is 6.30. The maximum Gasteiger partial charge on any atom is 0.413 e. The van der Waals surface area contributed by atoms with E-state index in [0.717, 1.165) is 0 Å². The minimum Gasteiger partial charge on any atom is -0.481 e. The van der Waals surface area contributed by atoms with Gasteiger partial charge in [0.05, 0.1) is 6.42 Å². The minimum absolute atomic E-state index is 0.0165. The van der Waals surface area contributed by atoms with Crippen molar-refractivity contribution in [3.8, 4) is 0 Å². The number of carboxylic acid groups (broad SMARTS) is 1. The quantitative estimate of drug-likeness (QED) is 0.883. The summed E-state index contributed by atoms with van der Waals surface area (Å²) in [7, 11) is 0. The molecule has 0 saturated carbocycles. The molecule has 0 spiro atoms. The van der Waals surface area contributed by atoms with E-state index in [1.807, 2.05) is 0 Å². The molecule has 0 fully saturated rings. The van der Waals surface area contributed by atoms with Gasteiger partial charge in [-0.25, -0.2) is 4.79 Å². The number of aromatic nitrogens is 2. The van der Waals surface area contributed by atoms with E-state index < -0.39 is 17.7 Å². The second kappa shape index (κ2) is 5.83. The Hall–Kier alpha value is -1.89. The number of carbonyl (C=O) groups is 2. The highest BCUT2D eigenvalue weighted by Gasteiger charge is 2.17. The van der Waals surface area contributed by atoms with Crippen LogP contribution in [0.1, 0.15) is 26.3 Å². The van der Waals surface area contributed by atoms with Crippen LogP contribution in [-0.4, -0.2) is 33.0 Å². The van der Waals surface area contributed by atoms with E-state index in [0.29, 0.717) is 0 Å². The summed E-state index contributed by atoms with van der Waals surface area (Å²) in [6.07, 6.45) is -1.01. The molecule has 19 heavy (non-hydrogen) atoms. The van der Waals surface area contributed by atoms with Gasteiger partial charge in [0.15, 0.2) is 11.0 Å². The van der Waals surface area contributed by atoms with Gasteiger partial charge in [-0.1, -0.05) is 11.6 Å². The van der Waals surface area contributed by atoms with E-state index >= 15 is 0 Å². The van der Waals surface area contributed by atoms with Gasteiger partial charge in [-0.2, -0.15) is 0 Å². The fraction of sp³-hybridized carbons (Fsp3) is 0.455. The molecule has 0 aliphatic carbocycles. The van der Waals surface area contributed by atoms with Crippen LogP contribution in [0.4, 0.5) is 10.6 Å². The lowest BCUT2D eigenvalue weighted by Crippen LogP contribution is -2.27. The molecule has 8 heteroatoms. The van der Waals surface area contributed by atoms with Gasteiger partial charge in [-0.3, -0.25) is 10.1 Å². The van der Waals surface area contributed by atoms with Crippen molar-refractivity contribution in [2.75, 3.05) is 5.32 Å². The topological polar surface area (TPSA) is 101 Å². The van der Waals surface area contributed by atoms with Crippen molar-refractivity contribution in [3.05, 3.63) is 16.8 Å². The Kier molecular flexibility index (Phi) is 4.66. The predicted molar refractivity (Wildman–Crippen MR) is 68.2 cm³/mol. The summed E-state index contributed by atoms with van der Waals surface area (Å²) in [5.41, 5.74) is -0.386. The molecule has 104 valence electrons. The fourth-order valence-corrected chi connectivity index (χ4v) is 1.33. The molecule has 1 heterocycles. The summed E-state index contributed by atoms with van der Waals surface area (Å²) in [6, 6.07) is 1.34. The maximum atomic E-state index is 11.5. The Morgan fingerprint density at radius 2 is 2.05 bits per heavy atom. The first-order valence-electron chi connectivity index (χ1n) is 5.41. The van der Waals surface area contributed by atoms with E-state index in [2.05, 4.69) is 15.5 Å². The number of hydrogen-bond acceptors (Lipinski definition) is 5. The first-order valence-corrected chi connectivity index (χ1v) is 5.79. The lowest BCUT2D eigenvalue weighted by atomic mass is 10.2. The number of ether oxygens (including phenoxy) is 1. The van der Waals surface area contributed by atoms with Gasteiger partial charge in [-0.15, -0.1) is 10.2 Å². The number of hydrogen-bond donors (Lipinski definition) is 2. The molecule has 0 unspecified atom stereocenters. The second-order valence-electron chi connectivity index (χ2n) is 4.74. The first kappa shape index (κ1) is 15.2. The van der Waals surface area contributed by atoms with E-state index in [1.54, 1.807) is 20.8 Å². The number of nitrogens with zero attached hydrogens (tertiary/aromatic N) is 2. The highest BCUT2D eigenvalue weighted by atomic mass is 35.5. The zero-order chi connectivity index (χ0) is 14.6. The van der Waals surface area contributed by atoms with Crippen LogP contribution >= 0.6 is 11.6 Å². The number of amides is 1. The molecular weight excluding hydrogens is 274 g/mol. The number of carboxylic acids is 1. The summed E-state index contributed by atoms with van der Waals surface area (Å²) >= 11 is 5.70. The van der Waals surface area contributed by atoms with Gasteiger partial charge in [0.25, 0.3) is 0 Å². The van der Waals surface area contributed by atoms with Crippen LogP contribution in [0.3, 0.4) is 0 Å². The van der Waals surface area contributed by atoms with Crippen molar-refractivity contribution in [1.29, 1.82) is 0 Å². The van der Waals surface area contributed by atoms with Crippen molar-refractivity contribution < 1.29 is 19.4 Å². The van der Waals surface area contributed by atoms with Crippen LogP contribution in [0, 0.1) is 0 Å². The summed E-state index contributed by atoms with van der Waals surface area (Å²) in [4.78, 5) is 22.1. The molecule has 7 nitrogen and oxygen atoms in total. The molecule has 0 saturated heterocycles. The van der Waals surface area contributed by atoms with Crippen molar-refractivity contribution in [1.82, 2.24) is 10.2 Å². The lowest BCUT2D eigenvalue weighted by molar-refractivity contribution is -0.136. The molecule has 1 rings (SSSR count). The molecule has 0 radical (unpaired) electrons. The average Bonchev–Trinajstić information content (AvgIpc) is 2.19. The molecule has 0 bridgehead atoms.